The fraction of sp³-hybridized carbons (Fsp3) is 0.333. The van der Waals surface area contributed by atoms with Crippen LogP contribution in [0.25, 0.3) is 0 Å². The Hall–Kier alpha value is -2.47. The Morgan fingerprint density at radius 3 is 2.79 bits per heavy atom. The summed E-state index contributed by atoms with van der Waals surface area (Å²) < 4.78 is 18.4. The van der Waals surface area contributed by atoms with Crippen LogP contribution in [0.15, 0.2) is 42.6 Å². The van der Waals surface area contributed by atoms with Crippen LogP contribution in [0, 0.1) is 11.7 Å². The Kier molecular flexibility index (Phi) is 5.38. The third kappa shape index (κ3) is 4.52. The average Bonchev–Trinajstić information content (AvgIpc) is 2.63. The third-order valence-electron chi connectivity index (χ3n) is 3.97. The first-order chi connectivity index (χ1) is 11.7. The van der Waals surface area contributed by atoms with Crippen molar-refractivity contribution in [3.05, 3.63) is 54.0 Å². The highest BCUT2D eigenvalue weighted by Crippen LogP contribution is 2.19. The second-order valence-electron chi connectivity index (χ2n) is 5.82. The fourth-order valence-corrected chi connectivity index (χ4v) is 2.61. The molecule has 3 rings (SSSR count). The van der Waals surface area contributed by atoms with Gasteiger partial charge in [0.2, 0.25) is 11.8 Å². The van der Waals surface area contributed by atoms with Crippen molar-refractivity contribution >= 4 is 5.91 Å². The van der Waals surface area contributed by atoms with E-state index in [-0.39, 0.29) is 17.6 Å². The minimum atomic E-state index is -0.311. The number of carbonyl (C=O) groups excluding carboxylic acids is 1. The van der Waals surface area contributed by atoms with Gasteiger partial charge in [0, 0.05) is 25.4 Å². The zero-order chi connectivity index (χ0) is 16.8. The summed E-state index contributed by atoms with van der Waals surface area (Å²) in [5.74, 6) is 0.763. The van der Waals surface area contributed by atoms with Crippen molar-refractivity contribution in [1.82, 2.24) is 15.6 Å². The molecule has 1 atom stereocenters. The van der Waals surface area contributed by atoms with Crippen LogP contribution < -0.4 is 15.4 Å². The van der Waals surface area contributed by atoms with E-state index in [1.807, 2.05) is 6.07 Å². The second kappa shape index (κ2) is 7.88. The zero-order valence-corrected chi connectivity index (χ0v) is 13.3. The van der Waals surface area contributed by atoms with E-state index in [0.29, 0.717) is 18.2 Å². The number of pyridine rings is 1. The van der Waals surface area contributed by atoms with Gasteiger partial charge in [-0.2, -0.15) is 0 Å². The standard InChI is InChI=1S/C18H20FN3O2/c19-15-4-6-16(7-5-15)24-17-8-3-13(10-21-17)11-22-18(23)14-2-1-9-20-12-14/h3-8,10,14,20H,1-2,9,11-12H2,(H,22,23). The summed E-state index contributed by atoms with van der Waals surface area (Å²) in [6.45, 7) is 2.18. The van der Waals surface area contributed by atoms with Crippen LogP contribution in [0.4, 0.5) is 4.39 Å². The maximum Gasteiger partial charge on any atom is 0.224 e. The molecule has 2 heterocycles. The molecule has 126 valence electrons. The number of hydrogen-bond donors (Lipinski definition) is 2. The topological polar surface area (TPSA) is 63.2 Å². The molecular weight excluding hydrogens is 309 g/mol. The van der Waals surface area contributed by atoms with Gasteiger partial charge in [-0.15, -0.1) is 0 Å². The number of hydrogen-bond acceptors (Lipinski definition) is 4. The molecule has 0 spiro atoms. The van der Waals surface area contributed by atoms with E-state index in [1.165, 1.54) is 12.1 Å². The van der Waals surface area contributed by atoms with E-state index >= 15 is 0 Å². The van der Waals surface area contributed by atoms with Gasteiger partial charge in [-0.3, -0.25) is 4.79 Å². The van der Waals surface area contributed by atoms with Crippen molar-refractivity contribution in [3.63, 3.8) is 0 Å². The average molecular weight is 329 g/mol. The minimum Gasteiger partial charge on any atom is -0.439 e. The van der Waals surface area contributed by atoms with Crippen LogP contribution in [0.2, 0.25) is 0 Å². The first-order valence-electron chi connectivity index (χ1n) is 8.07. The van der Waals surface area contributed by atoms with Crippen LogP contribution in [-0.4, -0.2) is 24.0 Å². The van der Waals surface area contributed by atoms with Gasteiger partial charge in [0.1, 0.15) is 11.6 Å². The molecule has 1 aliphatic rings. The Balaban J connectivity index is 1.50. The number of benzene rings is 1. The van der Waals surface area contributed by atoms with E-state index in [1.54, 1.807) is 24.4 Å². The molecule has 1 saturated heterocycles. The summed E-state index contributed by atoms with van der Waals surface area (Å²) in [5.41, 5.74) is 0.901. The van der Waals surface area contributed by atoms with Crippen molar-refractivity contribution in [2.24, 2.45) is 5.92 Å². The first-order valence-corrected chi connectivity index (χ1v) is 8.07. The van der Waals surface area contributed by atoms with Gasteiger partial charge < -0.3 is 15.4 Å². The van der Waals surface area contributed by atoms with E-state index in [9.17, 15) is 9.18 Å². The number of piperidine rings is 1. The number of nitrogens with zero attached hydrogens (tertiary/aromatic N) is 1. The van der Waals surface area contributed by atoms with Gasteiger partial charge in [0.05, 0.1) is 5.92 Å². The molecule has 1 amide bonds. The predicted octanol–water partition coefficient (Wildman–Crippen LogP) is 2.63. The number of carbonyl (C=O) groups is 1. The van der Waals surface area contributed by atoms with Crippen molar-refractivity contribution in [1.29, 1.82) is 0 Å². The van der Waals surface area contributed by atoms with E-state index in [4.69, 9.17) is 4.74 Å². The van der Waals surface area contributed by atoms with Crippen molar-refractivity contribution in [3.8, 4) is 11.6 Å². The Morgan fingerprint density at radius 1 is 1.29 bits per heavy atom. The van der Waals surface area contributed by atoms with Gasteiger partial charge in [0.25, 0.3) is 0 Å². The quantitative estimate of drug-likeness (QED) is 0.885. The monoisotopic (exact) mass is 329 g/mol. The molecule has 2 N–H and O–H groups in total. The smallest absolute Gasteiger partial charge is 0.224 e. The summed E-state index contributed by atoms with van der Waals surface area (Å²) >= 11 is 0. The Bertz CT molecular complexity index is 668. The number of nitrogens with one attached hydrogen (secondary N) is 2. The molecular formula is C18H20FN3O2. The zero-order valence-electron chi connectivity index (χ0n) is 13.3. The molecule has 1 unspecified atom stereocenters. The van der Waals surface area contributed by atoms with Gasteiger partial charge >= 0.3 is 0 Å². The highest BCUT2D eigenvalue weighted by atomic mass is 19.1. The highest BCUT2D eigenvalue weighted by molar-refractivity contribution is 5.78. The normalized spacial score (nSPS) is 17.3. The number of aromatic nitrogens is 1. The molecule has 5 nitrogen and oxygen atoms in total. The maximum atomic E-state index is 12.9. The molecule has 1 aromatic heterocycles. The first kappa shape index (κ1) is 16.4. The lowest BCUT2D eigenvalue weighted by Crippen LogP contribution is -2.40. The van der Waals surface area contributed by atoms with Crippen molar-refractivity contribution in [2.75, 3.05) is 13.1 Å². The van der Waals surface area contributed by atoms with Crippen LogP contribution in [0.1, 0.15) is 18.4 Å². The van der Waals surface area contributed by atoms with Gasteiger partial charge in [0.15, 0.2) is 0 Å². The SMILES string of the molecule is O=C(NCc1ccc(Oc2ccc(F)cc2)nc1)C1CCCNC1. The summed E-state index contributed by atoms with van der Waals surface area (Å²) in [7, 11) is 0. The molecule has 0 bridgehead atoms. The van der Waals surface area contributed by atoms with Gasteiger partial charge in [-0.25, -0.2) is 9.37 Å². The lowest BCUT2D eigenvalue weighted by molar-refractivity contribution is -0.125. The van der Waals surface area contributed by atoms with Gasteiger partial charge in [-0.05, 0) is 49.2 Å². The molecule has 1 aromatic carbocycles. The lowest BCUT2D eigenvalue weighted by atomic mass is 9.99. The lowest BCUT2D eigenvalue weighted by Gasteiger charge is -2.21. The van der Waals surface area contributed by atoms with E-state index in [0.717, 1.165) is 31.5 Å². The van der Waals surface area contributed by atoms with Crippen LogP contribution in [0.3, 0.4) is 0 Å². The third-order valence-corrected chi connectivity index (χ3v) is 3.97. The highest BCUT2D eigenvalue weighted by Gasteiger charge is 2.20. The largest absolute Gasteiger partial charge is 0.439 e. The number of amides is 1. The fourth-order valence-electron chi connectivity index (χ4n) is 2.61. The van der Waals surface area contributed by atoms with Crippen LogP contribution in [-0.2, 0) is 11.3 Å². The summed E-state index contributed by atoms with van der Waals surface area (Å²) in [6, 6.07) is 9.34. The Morgan fingerprint density at radius 2 is 2.12 bits per heavy atom. The van der Waals surface area contributed by atoms with Crippen molar-refractivity contribution < 1.29 is 13.9 Å². The minimum absolute atomic E-state index is 0.0489. The van der Waals surface area contributed by atoms with Crippen molar-refractivity contribution in [2.45, 2.75) is 19.4 Å². The molecule has 6 heteroatoms. The van der Waals surface area contributed by atoms with E-state index in [2.05, 4.69) is 15.6 Å². The number of ether oxygens (including phenoxy) is 1. The molecule has 0 saturated carbocycles. The summed E-state index contributed by atoms with van der Waals surface area (Å²) in [5, 5.41) is 6.18. The predicted molar refractivity (Wildman–Crippen MR) is 88.2 cm³/mol. The Labute approximate surface area is 140 Å². The van der Waals surface area contributed by atoms with Crippen LogP contribution >= 0.6 is 0 Å². The molecule has 0 radical (unpaired) electrons. The van der Waals surface area contributed by atoms with Crippen LogP contribution in [0.5, 0.6) is 11.6 Å². The molecule has 0 aliphatic carbocycles. The molecule has 1 aliphatic heterocycles. The van der Waals surface area contributed by atoms with Gasteiger partial charge in [-0.1, -0.05) is 6.07 Å². The molecule has 2 aromatic rings. The number of rotatable bonds is 5. The summed E-state index contributed by atoms with van der Waals surface area (Å²) in [4.78, 5) is 16.3. The second-order valence-corrected chi connectivity index (χ2v) is 5.82. The van der Waals surface area contributed by atoms with E-state index < -0.39 is 0 Å². The number of halogens is 1. The maximum absolute atomic E-state index is 12.9. The molecule has 24 heavy (non-hydrogen) atoms. The summed E-state index contributed by atoms with van der Waals surface area (Å²) in [6.07, 6.45) is 3.63. The molecule has 1 fully saturated rings.